The van der Waals surface area contributed by atoms with Crippen LogP contribution >= 0.6 is 15.9 Å². The van der Waals surface area contributed by atoms with Crippen LogP contribution in [0.5, 0.6) is 0 Å². The molecule has 6 heteroatoms. The summed E-state index contributed by atoms with van der Waals surface area (Å²) in [7, 11) is 0. The van der Waals surface area contributed by atoms with Gasteiger partial charge in [-0.3, -0.25) is 15.0 Å². The first-order chi connectivity index (χ1) is 10.1. The number of rotatable bonds is 4. The summed E-state index contributed by atoms with van der Waals surface area (Å²) >= 11 is 3.24. The molecule has 5 nitrogen and oxygen atoms in total. The van der Waals surface area contributed by atoms with Gasteiger partial charge in [-0.1, -0.05) is 6.07 Å². The van der Waals surface area contributed by atoms with Crippen molar-refractivity contribution in [1.29, 1.82) is 0 Å². The van der Waals surface area contributed by atoms with Gasteiger partial charge in [0.2, 0.25) is 0 Å². The van der Waals surface area contributed by atoms with Crippen LogP contribution in [0, 0.1) is 10.1 Å². The summed E-state index contributed by atoms with van der Waals surface area (Å²) in [6, 6.07) is 6.63. The van der Waals surface area contributed by atoms with E-state index in [1.807, 2.05) is 6.07 Å². The highest BCUT2D eigenvalue weighted by Crippen LogP contribution is 2.29. The number of nitro groups is 1. The van der Waals surface area contributed by atoms with Gasteiger partial charge in [0.15, 0.2) is 0 Å². The molecular formula is C15H20BrN3O2. The highest BCUT2D eigenvalue weighted by atomic mass is 79.9. The SMILES string of the molecule is O=[N+]([O-])c1cc(CN2CCCC2C2CCCN2)ccc1Br. The van der Waals surface area contributed by atoms with E-state index in [4.69, 9.17) is 0 Å². The van der Waals surface area contributed by atoms with Crippen LogP contribution in [0.15, 0.2) is 22.7 Å². The Hall–Kier alpha value is -0.980. The Labute approximate surface area is 133 Å². The minimum Gasteiger partial charge on any atom is -0.312 e. The average Bonchev–Trinajstić information content (AvgIpc) is 3.11. The van der Waals surface area contributed by atoms with Gasteiger partial charge in [0, 0.05) is 24.7 Å². The zero-order chi connectivity index (χ0) is 14.8. The lowest BCUT2D eigenvalue weighted by atomic mass is 10.0. The van der Waals surface area contributed by atoms with Crippen molar-refractivity contribution in [3.8, 4) is 0 Å². The fraction of sp³-hybridized carbons (Fsp3) is 0.600. The predicted molar refractivity (Wildman–Crippen MR) is 85.3 cm³/mol. The van der Waals surface area contributed by atoms with Crippen molar-refractivity contribution in [2.45, 2.75) is 44.3 Å². The summed E-state index contributed by atoms with van der Waals surface area (Å²) in [4.78, 5) is 13.2. The Morgan fingerprint density at radius 2 is 2.24 bits per heavy atom. The van der Waals surface area contributed by atoms with Crippen LogP contribution in [0.2, 0.25) is 0 Å². The molecule has 2 fully saturated rings. The maximum atomic E-state index is 11.0. The zero-order valence-corrected chi connectivity index (χ0v) is 13.5. The first-order valence-corrected chi connectivity index (χ1v) is 8.35. The monoisotopic (exact) mass is 353 g/mol. The van der Waals surface area contributed by atoms with E-state index in [2.05, 4.69) is 26.1 Å². The van der Waals surface area contributed by atoms with Gasteiger partial charge in [0.25, 0.3) is 5.69 Å². The van der Waals surface area contributed by atoms with Crippen molar-refractivity contribution in [3.05, 3.63) is 38.3 Å². The summed E-state index contributed by atoms with van der Waals surface area (Å²) in [6.45, 7) is 3.02. The van der Waals surface area contributed by atoms with Crippen LogP contribution in [0.4, 0.5) is 5.69 Å². The summed E-state index contributed by atoms with van der Waals surface area (Å²) in [5.41, 5.74) is 1.18. The Bertz CT molecular complexity index is 532. The second kappa shape index (κ2) is 6.42. The van der Waals surface area contributed by atoms with Crippen molar-refractivity contribution in [1.82, 2.24) is 10.2 Å². The third kappa shape index (κ3) is 3.27. The Balaban J connectivity index is 1.73. The molecule has 0 bridgehead atoms. The number of nitro benzene ring substituents is 1. The maximum absolute atomic E-state index is 11.0. The predicted octanol–water partition coefficient (Wildman–Crippen LogP) is 3.07. The lowest BCUT2D eigenvalue weighted by molar-refractivity contribution is -0.385. The van der Waals surface area contributed by atoms with E-state index in [-0.39, 0.29) is 10.6 Å². The Kier molecular flexibility index (Phi) is 4.57. The molecule has 1 N–H and O–H groups in total. The summed E-state index contributed by atoms with van der Waals surface area (Å²) in [6.07, 6.45) is 4.97. The number of hydrogen-bond acceptors (Lipinski definition) is 4. The number of nitrogens with zero attached hydrogens (tertiary/aromatic N) is 2. The standard InChI is InChI=1S/C15H20BrN3O2/c16-12-6-5-11(9-15(12)19(20)21)10-18-8-2-4-14(18)13-3-1-7-17-13/h5-6,9,13-14,17H,1-4,7-8,10H2. The summed E-state index contributed by atoms with van der Waals surface area (Å²) in [5, 5.41) is 14.6. The van der Waals surface area contributed by atoms with Gasteiger partial charge in [-0.2, -0.15) is 0 Å². The smallest absolute Gasteiger partial charge is 0.283 e. The van der Waals surface area contributed by atoms with Crippen molar-refractivity contribution in [3.63, 3.8) is 0 Å². The average molecular weight is 354 g/mol. The summed E-state index contributed by atoms with van der Waals surface area (Å²) < 4.78 is 0.548. The molecule has 2 aliphatic heterocycles. The lowest BCUT2D eigenvalue weighted by Crippen LogP contribution is -2.43. The molecular weight excluding hydrogens is 334 g/mol. The molecule has 0 aliphatic carbocycles. The van der Waals surface area contributed by atoms with Crippen molar-refractivity contribution >= 4 is 21.6 Å². The molecule has 21 heavy (non-hydrogen) atoms. The van der Waals surface area contributed by atoms with Gasteiger partial charge < -0.3 is 5.32 Å². The van der Waals surface area contributed by atoms with E-state index in [9.17, 15) is 10.1 Å². The van der Waals surface area contributed by atoms with Gasteiger partial charge in [-0.05, 0) is 66.3 Å². The first-order valence-electron chi connectivity index (χ1n) is 7.55. The molecule has 0 radical (unpaired) electrons. The minimum atomic E-state index is -0.326. The molecule has 2 heterocycles. The summed E-state index contributed by atoms with van der Waals surface area (Å²) in [5.74, 6) is 0. The lowest BCUT2D eigenvalue weighted by Gasteiger charge is -2.29. The minimum absolute atomic E-state index is 0.155. The number of likely N-dealkylation sites (tertiary alicyclic amines) is 1. The second-order valence-electron chi connectivity index (χ2n) is 5.93. The zero-order valence-electron chi connectivity index (χ0n) is 11.9. The fourth-order valence-electron chi connectivity index (χ4n) is 3.57. The molecule has 1 aromatic carbocycles. The highest BCUT2D eigenvalue weighted by Gasteiger charge is 2.33. The molecule has 0 aromatic heterocycles. The molecule has 3 rings (SSSR count). The number of benzene rings is 1. The molecule has 2 saturated heterocycles. The molecule has 2 unspecified atom stereocenters. The fourth-order valence-corrected chi connectivity index (χ4v) is 3.97. The van der Waals surface area contributed by atoms with Crippen LogP contribution in [0.1, 0.15) is 31.2 Å². The molecule has 0 amide bonds. The quantitative estimate of drug-likeness (QED) is 0.667. The van der Waals surface area contributed by atoms with Gasteiger partial charge in [-0.15, -0.1) is 0 Å². The third-order valence-corrected chi connectivity index (χ3v) is 5.24. The Morgan fingerprint density at radius 3 is 2.95 bits per heavy atom. The molecule has 114 valence electrons. The van der Waals surface area contributed by atoms with E-state index in [0.29, 0.717) is 16.6 Å². The largest absolute Gasteiger partial charge is 0.312 e. The van der Waals surface area contributed by atoms with Crippen LogP contribution < -0.4 is 5.32 Å². The number of hydrogen-bond donors (Lipinski definition) is 1. The molecule has 2 atom stereocenters. The maximum Gasteiger partial charge on any atom is 0.283 e. The van der Waals surface area contributed by atoms with Crippen LogP contribution in [-0.2, 0) is 6.54 Å². The van der Waals surface area contributed by atoms with Crippen molar-refractivity contribution in [2.75, 3.05) is 13.1 Å². The van der Waals surface area contributed by atoms with Gasteiger partial charge in [-0.25, -0.2) is 0 Å². The van der Waals surface area contributed by atoms with Crippen LogP contribution in [0.3, 0.4) is 0 Å². The van der Waals surface area contributed by atoms with Gasteiger partial charge >= 0.3 is 0 Å². The van der Waals surface area contributed by atoms with E-state index in [0.717, 1.165) is 25.2 Å². The van der Waals surface area contributed by atoms with E-state index < -0.39 is 0 Å². The van der Waals surface area contributed by atoms with E-state index in [1.165, 1.54) is 25.7 Å². The van der Waals surface area contributed by atoms with Gasteiger partial charge in [0.05, 0.1) is 9.40 Å². The molecule has 2 aliphatic rings. The Morgan fingerprint density at radius 1 is 1.38 bits per heavy atom. The first kappa shape index (κ1) is 14.9. The topological polar surface area (TPSA) is 58.4 Å². The van der Waals surface area contributed by atoms with Crippen LogP contribution in [-0.4, -0.2) is 35.0 Å². The molecule has 0 saturated carbocycles. The molecule has 1 aromatic rings. The van der Waals surface area contributed by atoms with Crippen molar-refractivity contribution in [2.24, 2.45) is 0 Å². The normalized spacial score (nSPS) is 26.3. The number of halogens is 1. The van der Waals surface area contributed by atoms with Crippen molar-refractivity contribution < 1.29 is 4.92 Å². The highest BCUT2D eigenvalue weighted by molar-refractivity contribution is 9.10. The van der Waals surface area contributed by atoms with Crippen LogP contribution in [0.25, 0.3) is 0 Å². The van der Waals surface area contributed by atoms with Gasteiger partial charge in [0.1, 0.15) is 0 Å². The van der Waals surface area contributed by atoms with E-state index in [1.54, 1.807) is 12.1 Å². The number of nitrogens with one attached hydrogen (secondary N) is 1. The molecule has 0 spiro atoms. The second-order valence-corrected chi connectivity index (χ2v) is 6.78. The third-order valence-electron chi connectivity index (χ3n) is 4.57. The van der Waals surface area contributed by atoms with E-state index >= 15 is 0 Å².